The van der Waals surface area contributed by atoms with Gasteiger partial charge < -0.3 is 4.90 Å². The van der Waals surface area contributed by atoms with E-state index < -0.39 is 0 Å². The molecule has 0 radical (unpaired) electrons. The molecule has 1 aliphatic rings. The van der Waals surface area contributed by atoms with Crippen LogP contribution in [0.15, 0.2) is 30.3 Å². The van der Waals surface area contributed by atoms with Gasteiger partial charge in [-0.05, 0) is 25.1 Å². The van der Waals surface area contributed by atoms with Crippen molar-refractivity contribution < 1.29 is 4.79 Å². The molecule has 23 heavy (non-hydrogen) atoms. The summed E-state index contributed by atoms with van der Waals surface area (Å²) in [6.45, 7) is 1.45. The number of benzene rings is 1. The molecule has 0 aliphatic carbocycles. The van der Waals surface area contributed by atoms with Crippen LogP contribution < -0.4 is 0 Å². The molecule has 1 amide bonds. The van der Waals surface area contributed by atoms with Crippen molar-refractivity contribution in [3.8, 4) is 11.4 Å². The van der Waals surface area contributed by atoms with E-state index in [0.717, 1.165) is 30.8 Å². The molecule has 7 heteroatoms. The molecule has 0 bridgehead atoms. The largest absolute Gasteiger partial charge is 0.347 e. The van der Waals surface area contributed by atoms with Gasteiger partial charge in [-0.1, -0.05) is 30.3 Å². The van der Waals surface area contributed by atoms with Crippen molar-refractivity contribution in [1.82, 2.24) is 24.6 Å². The van der Waals surface area contributed by atoms with Crippen LogP contribution >= 0.6 is 12.2 Å². The molecule has 1 aliphatic heterocycles. The van der Waals surface area contributed by atoms with Gasteiger partial charge in [0, 0.05) is 26.2 Å². The predicted octanol–water partition coefficient (Wildman–Crippen LogP) is 2.12. The minimum absolute atomic E-state index is 0.0737. The number of carbonyl (C=O) groups is 1. The normalized spacial score (nSPS) is 18.3. The summed E-state index contributed by atoms with van der Waals surface area (Å²) in [5.74, 6) is 0.905. The summed E-state index contributed by atoms with van der Waals surface area (Å²) in [5, 5.41) is 3.25. The third kappa shape index (κ3) is 3.35. The van der Waals surface area contributed by atoms with E-state index in [1.165, 1.54) is 0 Å². The van der Waals surface area contributed by atoms with Crippen LogP contribution in [0.1, 0.15) is 12.8 Å². The number of nitrogens with one attached hydrogen (secondary N) is 1. The van der Waals surface area contributed by atoms with Gasteiger partial charge >= 0.3 is 0 Å². The first-order valence-electron chi connectivity index (χ1n) is 7.74. The highest BCUT2D eigenvalue weighted by atomic mass is 32.1. The number of H-pyrrole nitrogens is 1. The van der Waals surface area contributed by atoms with Gasteiger partial charge in [0.05, 0.1) is 12.7 Å². The van der Waals surface area contributed by atoms with E-state index in [9.17, 15) is 4.79 Å². The Kier molecular flexibility index (Phi) is 4.58. The molecule has 6 nitrogen and oxygen atoms in total. The molecule has 1 saturated heterocycles. The third-order valence-corrected chi connectivity index (χ3v) is 4.45. The van der Waals surface area contributed by atoms with E-state index in [1.54, 1.807) is 19.0 Å². The van der Waals surface area contributed by atoms with Crippen molar-refractivity contribution in [1.29, 1.82) is 0 Å². The van der Waals surface area contributed by atoms with Gasteiger partial charge in [-0.25, -0.2) is 4.68 Å². The number of likely N-dealkylation sites (N-methyl/N-ethyl adjacent to an activating group) is 1. The van der Waals surface area contributed by atoms with E-state index in [1.807, 2.05) is 35.0 Å². The predicted molar refractivity (Wildman–Crippen MR) is 91.3 cm³/mol. The molecule has 1 N–H and O–H groups in total. The topological polar surface area (TPSA) is 57.2 Å². The number of hydrogen-bond acceptors (Lipinski definition) is 4. The summed E-state index contributed by atoms with van der Waals surface area (Å²) < 4.78 is 2.34. The Bertz CT molecular complexity index is 736. The SMILES string of the molecule is CN(C)C(=O)[C@@H]1CCCN1Cn1[nH]c(-c2ccccc2)nc1=S. The second kappa shape index (κ2) is 6.64. The summed E-state index contributed by atoms with van der Waals surface area (Å²) in [7, 11) is 3.60. The lowest BCUT2D eigenvalue weighted by Gasteiger charge is -2.25. The molecule has 0 unspecified atom stereocenters. The number of nitrogens with zero attached hydrogens (tertiary/aromatic N) is 4. The van der Waals surface area contributed by atoms with Gasteiger partial charge in [-0.2, -0.15) is 4.98 Å². The lowest BCUT2D eigenvalue weighted by molar-refractivity contribution is -0.134. The summed E-state index contributed by atoms with van der Waals surface area (Å²) >= 11 is 5.36. The average Bonchev–Trinajstić information content (AvgIpc) is 3.15. The van der Waals surface area contributed by atoms with Crippen LogP contribution in [0.2, 0.25) is 0 Å². The number of likely N-dealkylation sites (tertiary alicyclic amines) is 1. The fraction of sp³-hybridized carbons (Fsp3) is 0.438. The number of aromatic amines is 1. The number of amides is 1. The van der Waals surface area contributed by atoms with E-state index in [0.29, 0.717) is 11.4 Å². The Morgan fingerprint density at radius 1 is 1.39 bits per heavy atom. The highest BCUT2D eigenvalue weighted by Crippen LogP contribution is 2.20. The van der Waals surface area contributed by atoms with Crippen molar-refractivity contribution in [2.24, 2.45) is 0 Å². The highest BCUT2D eigenvalue weighted by molar-refractivity contribution is 7.71. The van der Waals surface area contributed by atoms with Crippen LogP contribution in [-0.2, 0) is 11.5 Å². The van der Waals surface area contributed by atoms with E-state index in [-0.39, 0.29) is 11.9 Å². The summed E-state index contributed by atoms with van der Waals surface area (Å²) in [4.78, 5) is 20.5. The summed E-state index contributed by atoms with van der Waals surface area (Å²) in [6, 6.07) is 9.82. The van der Waals surface area contributed by atoms with E-state index in [2.05, 4.69) is 15.0 Å². The molecular weight excluding hydrogens is 310 g/mol. The fourth-order valence-electron chi connectivity index (χ4n) is 2.93. The van der Waals surface area contributed by atoms with Crippen LogP contribution in [-0.4, -0.2) is 57.2 Å². The lowest BCUT2D eigenvalue weighted by atomic mass is 10.2. The van der Waals surface area contributed by atoms with Crippen molar-refractivity contribution in [2.75, 3.05) is 20.6 Å². The minimum atomic E-state index is -0.0737. The van der Waals surface area contributed by atoms with Crippen molar-refractivity contribution in [3.63, 3.8) is 0 Å². The molecule has 1 aromatic heterocycles. The highest BCUT2D eigenvalue weighted by Gasteiger charge is 2.32. The zero-order valence-corrected chi connectivity index (χ0v) is 14.2. The Balaban J connectivity index is 1.79. The molecule has 2 aromatic rings. The van der Waals surface area contributed by atoms with Crippen molar-refractivity contribution in [2.45, 2.75) is 25.6 Å². The molecule has 122 valence electrons. The van der Waals surface area contributed by atoms with Crippen molar-refractivity contribution in [3.05, 3.63) is 35.1 Å². The van der Waals surface area contributed by atoms with Crippen LogP contribution in [0, 0.1) is 4.77 Å². The average molecular weight is 331 g/mol. The van der Waals surface area contributed by atoms with Gasteiger partial charge in [0.2, 0.25) is 10.7 Å². The quantitative estimate of drug-likeness (QED) is 0.872. The van der Waals surface area contributed by atoms with Crippen LogP contribution in [0.25, 0.3) is 11.4 Å². The molecule has 3 rings (SSSR count). The molecule has 1 aromatic carbocycles. The molecule has 1 atom stereocenters. The lowest BCUT2D eigenvalue weighted by Crippen LogP contribution is -2.43. The van der Waals surface area contributed by atoms with Gasteiger partial charge in [0.1, 0.15) is 0 Å². The number of hydrogen-bond donors (Lipinski definition) is 1. The van der Waals surface area contributed by atoms with E-state index in [4.69, 9.17) is 12.2 Å². The maximum Gasteiger partial charge on any atom is 0.239 e. The smallest absolute Gasteiger partial charge is 0.239 e. The number of rotatable bonds is 4. The maximum atomic E-state index is 12.3. The number of carbonyl (C=O) groups excluding carboxylic acids is 1. The zero-order chi connectivity index (χ0) is 16.4. The van der Waals surface area contributed by atoms with Gasteiger partial charge in [0.25, 0.3) is 0 Å². The minimum Gasteiger partial charge on any atom is -0.347 e. The second-order valence-corrected chi connectivity index (χ2v) is 6.36. The van der Waals surface area contributed by atoms with Crippen LogP contribution in [0.5, 0.6) is 0 Å². The molecule has 0 spiro atoms. The Morgan fingerprint density at radius 3 is 2.83 bits per heavy atom. The molecule has 2 heterocycles. The molecule has 1 fully saturated rings. The molecular formula is C16H21N5OS. The van der Waals surface area contributed by atoms with Gasteiger partial charge in [-0.3, -0.25) is 14.8 Å². The van der Waals surface area contributed by atoms with Gasteiger partial charge in [0.15, 0.2) is 5.82 Å². The van der Waals surface area contributed by atoms with Crippen molar-refractivity contribution >= 4 is 18.1 Å². The monoisotopic (exact) mass is 331 g/mol. The first-order chi connectivity index (χ1) is 11.1. The van der Waals surface area contributed by atoms with Crippen LogP contribution in [0.3, 0.4) is 0 Å². The fourth-order valence-corrected chi connectivity index (χ4v) is 3.13. The third-order valence-electron chi connectivity index (χ3n) is 4.14. The Labute approximate surface area is 140 Å². The first-order valence-corrected chi connectivity index (χ1v) is 8.14. The standard InChI is InChI=1S/C16H21N5OS/c1-19(2)15(22)13-9-6-10-20(13)11-21-16(23)17-14(18-21)12-7-4-3-5-8-12/h3-5,7-8,13H,6,9-11H2,1-2H3,(H,17,18,23)/t13-/m0/s1. The Morgan fingerprint density at radius 2 is 2.13 bits per heavy atom. The zero-order valence-electron chi connectivity index (χ0n) is 13.4. The second-order valence-electron chi connectivity index (χ2n) is 5.99. The van der Waals surface area contributed by atoms with Crippen LogP contribution in [0.4, 0.5) is 0 Å². The molecule has 0 saturated carbocycles. The number of aromatic nitrogens is 3. The summed E-state index contributed by atoms with van der Waals surface area (Å²) in [5.41, 5.74) is 1.000. The van der Waals surface area contributed by atoms with E-state index >= 15 is 0 Å². The maximum absolute atomic E-state index is 12.3. The van der Waals surface area contributed by atoms with Gasteiger partial charge in [-0.15, -0.1) is 0 Å². The summed E-state index contributed by atoms with van der Waals surface area (Å²) in [6.07, 6.45) is 1.92. The first kappa shape index (κ1) is 15.9. The Hall–Kier alpha value is -1.99.